The molecule has 0 unspecified atom stereocenters. The van der Waals surface area contributed by atoms with Gasteiger partial charge in [-0.05, 0) is 11.1 Å². The van der Waals surface area contributed by atoms with Gasteiger partial charge in [0.1, 0.15) is 16.6 Å². The number of nitrogens with zero attached hydrogens (tertiary/aromatic N) is 1. The quantitative estimate of drug-likeness (QED) is 0.761. The van der Waals surface area contributed by atoms with Crippen LogP contribution in [0.1, 0.15) is 16.7 Å². The number of nitriles is 1. The van der Waals surface area contributed by atoms with E-state index in [1.807, 2.05) is 47.9 Å². The summed E-state index contributed by atoms with van der Waals surface area (Å²) in [5, 5.41) is 21.4. The molecule has 0 amide bonds. The molecule has 4 nitrogen and oxygen atoms in total. The van der Waals surface area contributed by atoms with Crippen LogP contribution in [-0.4, -0.2) is 10.1 Å². The smallest absolute Gasteiger partial charge is 0.270 e. The summed E-state index contributed by atoms with van der Waals surface area (Å²) in [7, 11) is 0. The van der Waals surface area contributed by atoms with E-state index >= 15 is 0 Å². The predicted molar refractivity (Wildman–Crippen MR) is 84.2 cm³/mol. The minimum absolute atomic E-state index is 0.254. The maximum absolute atomic E-state index is 11.6. The monoisotopic (exact) mass is 294 g/mol. The Morgan fingerprint density at radius 1 is 1.24 bits per heavy atom. The van der Waals surface area contributed by atoms with E-state index in [4.69, 9.17) is 5.26 Å². The van der Waals surface area contributed by atoms with Gasteiger partial charge < -0.3 is 10.1 Å². The lowest BCUT2D eigenvalue weighted by atomic mass is 10.1. The highest BCUT2D eigenvalue weighted by molar-refractivity contribution is 7.17. The summed E-state index contributed by atoms with van der Waals surface area (Å²) in [6.07, 6.45) is 3.77. The van der Waals surface area contributed by atoms with Gasteiger partial charge in [-0.15, -0.1) is 11.3 Å². The van der Waals surface area contributed by atoms with Crippen molar-refractivity contribution in [1.82, 2.24) is 4.98 Å². The maximum atomic E-state index is 11.6. The van der Waals surface area contributed by atoms with Gasteiger partial charge in [0.2, 0.25) is 0 Å². The molecule has 21 heavy (non-hydrogen) atoms. The van der Waals surface area contributed by atoms with Crippen LogP contribution in [0.25, 0.3) is 22.4 Å². The van der Waals surface area contributed by atoms with Gasteiger partial charge in [0.05, 0.1) is 5.39 Å². The highest BCUT2D eigenvalue weighted by Crippen LogP contribution is 2.33. The number of H-pyrrole nitrogens is 1. The zero-order valence-corrected chi connectivity index (χ0v) is 11.6. The van der Waals surface area contributed by atoms with Crippen molar-refractivity contribution in [2.45, 2.75) is 0 Å². The van der Waals surface area contributed by atoms with Crippen LogP contribution < -0.4 is 5.56 Å². The van der Waals surface area contributed by atoms with Crippen LogP contribution >= 0.6 is 11.3 Å². The van der Waals surface area contributed by atoms with E-state index in [9.17, 15) is 9.90 Å². The summed E-state index contributed by atoms with van der Waals surface area (Å²) in [5.74, 6) is -0.259. The largest absolute Gasteiger partial charge is 0.506 e. The molecule has 102 valence electrons. The molecule has 0 fully saturated rings. The zero-order valence-electron chi connectivity index (χ0n) is 10.8. The van der Waals surface area contributed by atoms with Gasteiger partial charge in [-0.25, -0.2) is 0 Å². The first kappa shape index (κ1) is 13.2. The van der Waals surface area contributed by atoms with E-state index in [0.29, 0.717) is 10.2 Å². The van der Waals surface area contributed by atoms with E-state index in [-0.39, 0.29) is 11.3 Å². The number of hydrogen-bond donors (Lipinski definition) is 2. The molecule has 0 bridgehead atoms. The van der Waals surface area contributed by atoms with Crippen LogP contribution in [0, 0.1) is 11.3 Å². The summed E-state index contributed by atoms with van der Waals surface area (Å²) in [4.78, 5) is 14.8. The Morgan fingerprint density at radius 3 is 2.71 bits per heavy atom. The standard InChI is InChI=1S/C16H10N2O2S/c17-8-12-14(19)13-11(9-21-16(13)18-15(12)20)7-6-10-4-2-1-3-5-10/h1-7,9H,(H2,18,19,20)/b7-6+. The van der Waals surface area contributed by atoms with Gasteiger partial charge in [-0.2, -0.15) is 5.26 Å². The van der Waals surface area contributed by atoms with Crippen LogP contribution in [0.5, 0.6) is 5.75 Å². The molecule has 0 atom stereocenters. The lowest BCUT2D eigenvalue weighted by Gasteiger charge is -1.99. The van der Waals surface area contributed by atoms with Crippen molar-refractivity contribution in [3.8, 4) is 11.8 Å². The van der Waals surface area contributed by atoms with Gasteiger partial charge >= 0.3 is 0 Å². The lowest BCUT2D eigenvalue weighted by Crippen LogP contribution is -2.09. The average Bonchev–Trinajstić information content (AvgIpc) is 2.89. The third kappa shape index (κ3) is 2.33. The van der Waals surface area contributed by atoms with Gasteiger partial charge in [0.15, 0.2) is 5.56 Å². The Labute approximate surface area is 124 Å². The van der Waals surface area contributed by atoms with Crippen molar-refractivity contribution in [3.63, 3.8) is 0 Å². The summed E-state index contributed by atoms with van der Waals surface area (Å²) in [6, 6.07) is 11.5. The molecule has 0 aliphatic heterocycles. The highest BCUT2D eigenvalue weighted by Gasteiger charge is 2.15. The number of fused-ring (bicyclic) bond motifs is 1. The lowest BCUT2D eigenvalue weighted by molar-refractivity contribution is 0.479. The van der Waals surface area contributed by atoms with Gasteiger partial charge in [-0.3, -0.25) is 4.79 Å². The molecule has 0 aliphatic carbocycles. The fourth-order valence-electron chi connectivity index (χ4n) is 2.08. The summed E-state index contributed by atoms with van der Waals surface area (Å²) >= 11 is 1.32. The first-order valence-electron chi connectivity index (χ1n) is 6.20. The van der Waals surface area contributed by atoms with Crippen molar-refractivity contribution >= 4 is 33.7 Å². The molecular weight excluding hydrogens is 284 g/mol. The third-order valence-electron chi connectivity index (χ3n) is 3.11. The van der Waals surface area contributed by atoms with E-state index in [1.54, 1.807) is 6.07 Å². The third-order valence-corrected chi connectivity index (χ3v) is 4.03. The van der Waals surface area contributed by atoms with E-state index < -0.39 is 5.56 Å². The van der Waals surface area contributed by atoms with Crippen LogP contribution in [0.4, 0.5) is 0 Å². The van der Waals surface area contributed by atoms with Crippen molar-refractivity contribution in [2.75, 3.05) is 0 Å². The maximum Gasteiger partial charge on any atom is 0.270 e. The number of hydrogen-bond acceptors (Lipinski definition) is 4. The topological polar surface area (TPSA) is 76.9 Å². The van der Waals surface area contributed by atoms with Crippen molar-refractivity contribution < 1.29 is 5.11 Å². The Kier molecular flexibility index (Phi) is 3.30. The fourth-order valence-corrected chi connectivity index (χ4v) is 3.01. The summed E-state index contributed by atoms with van der Waals surface area (Å²) in [5.41, 5.74) is 0.976. The number of nitrogens with one attached hydrogen (secondary N) is 1. The molecule has 5 heteroatoms. The molecule has 0 saturated carbocycles. The average molecular weight is 294 g/mol. The first-order valence-corrected chi connectivity index (χ1v) is 7.08. The number of benzene rings is 1. The second kappa shape index (κ2) is 5.27. The fraction of sp³-hybridized carbons (Fsp3) is 0. The molecule has 2 N–H and O–H groups in total. The minimum atomic E-state index is -0.567. The van der Waals surface area contributed by atoms with E-state index in [0.717, 1.165) is 11.1 Å². The van der Waals surface area contributed by atoms with Crippen LogP contribution in [0.3, 0.4) is 0 Å². The SMILES string of the molecule is N#Cc1c(O)c2c(/C=C/c3ccccc3)csc2[nH]c1=O. The Balaban J connectivity index is 2.15. The van der Waals surface area contributed by atoms with Crippen LogP contribution in [0.2, 0.25) is 0 Å². The normalized spacial score (nSPS) is 11.0. The molecule has 3 aromatic rings. The Morgan fingerprint density at radius 2 is 2.00 bits per heavy atom. The summed E-state index contributed by atoms with van der Waals surface area (Å²) in [6.45, 7) is 0. The molecule has 2 aromatic heterocycles. The number of aromatic amines is 1. The van der Waals surface area contributed by atoms with E-state index in [1.165, 1.54) is 11.3 Å². The van der Waals surface area contributed by atoms with E-state index in [2.05, 4.69) is 4.98 Å². The molecule has 2 heterocycles. The minimum Gasteiger partial charge on any atom is -0.506 e. The van der Waals surface area contributed by atoms with Crippen molar-refractivity contribution in [2.24, 2.45) is 0 Å². The number of aromatic hydroxyl groups is 1. The van der Waals surface area contributed by atoms with Gasteiger partial charge in [-0.1, -0.05) is 42.5 Å². The second-order valence-corrected chi connectivity index (χ2v) is 5.31. The molecule has 1 aromatic carbocycles. The zero-order chi connectivity index (χ0) is 14.8. The van der Waals surface area contributed by atoms with Crippen LogP contribution in [0.15, 0.2) is 40.5 Å². The molecule has 0 aliphatic rings. The summed E-state index contributed by atoms with van der Waals surface area (Å²) < 4.78 is 0. The van der Waals surface area contributed by atoms with Gasteiger partial charge in [0, 0.05) is 5.38 Å². The number of rotatable bonds is 2. The second-order valence-electron chi connectivity index (χ2n) is 4.43. The molecule has 0 spiro atoms. The molecule has 0 saturated heterocycles. The highest BCUT2D eigenvalue weighted by atomic mass is 32.1. The predicted octanol–water partition coefficient (Wildman–Crippen LogP) is 3.34. The molecule has 3 rings (SSSR count). The number of thiophene rings is 1. The number of aromatic nitrogens is 1. The Bertz CT molecular complexity index is 931. The van der Waals surface area contributed by atoms with Gasteiger partial charge in [0.25, 0.3) is 5.56 Å². The van der Waals surface area contributed by atoms with Crippen molar-refractivity contribution in [3.05, 3.63) is 62.8 Å². The Hall–Kier alpha value is -2.84. The first-order chi connectivity index (χ1) is 10.2. The van der Waals surface area contributed by atoms with Crippen LogP contribution in [-0.2, 0) is 0 Å². The molecular formula is C16H10N2O2S. The van der Waals surface area contributed by atoms with Crippen molar-refractivity contribution in [1.29, 1.82) is 5.26 Å². The molecule has 0 radical (unpaired) electrons. The number of pyridine rings is 1.